The third-order valence-electron chi connectivity index (χ3n) is 6.74. The second kappa shape index (κ2) is 18.6. The van der Waals surface area contributed by atoms with Gasteiger partial charge in [0.1, 0.15) is 23.6 Å². The van der Waals surface area contributed by atoms with Gasteiger partial charge in [0.2, 0.25) is 0 Å². The summed E-state index contributed by atoms with van der Waals surface area (Å²) in [6.07, 6.45) is 6.24. The average Bonchev–Trinajstić information content (AvgIpc) is 2.99. The minimum atomic E-state index is -3.22. The van der Waals surface area contributed by atoms with E-state index < -0.39 is 22.0 Å². The minimum Gasteiger partial charge on any atom is -0.444 e. The number of rotatable bonds is 2. The molecule has 4 rings (SSSR count). The van der Waals surface area contributed by atoms with Crippen molar-refractivity contribution in [3.8, 4) is 0 Å². The molecule has 0 spiro atoms. The van der Waals surface area contributed by atoms with Crippen LogP contribution in [0.25, 0.3) is 15.3 Å². The van der Waals surface area contributed by atoms with E-state index in [0.29, 0.717) is 56.2 Å². The zero-order chi connectivity index (χ0) is 36.3. The van der Waals surface area contributed by atoms with Crippen molar-refractivity contribution in [2.75, 3.05) is 26.2 Å². The Morgan fingerprint density at radius 1 is 0.857 bits per heavy atom. The number of hydrogen-bond acceptors (Lipinski definition) is 8. The Kier molecular flexibility index (Phi) is 16.5. The number of likely N-dealkylation sites (tertiary alicyclic amines) is 1. The van der Waals surface area contributed by atoms with E-state index in [1.54, 1.807) is 34.2 Å². The van der Waals surface area contributed by atoms with Crippen molar-refractivity contribution in [3.05, 3.63) is 76.7 Å². The SMILES string of the molecule is C.O=P(Cl)(Cl)Cl.[C-]#[N+]c1ccc(C2(O)CCN(C(=O)OC(C)(C)C)CC2)cn1.[C-]#[N+]c1ccc(C2=CCN(C(=O)OC(C)(C)C)CC2)cn1. The quantitative estimate of drug-likeness (QED) is 0.237. The number of aromatic nitrogens is 2. The van der Waals surface area contributed by atoms with Crippen molar-refractivity contribution in [3.63, 3.8) is 0 Å². The Hall–Kier alpha value is -3.38. The predicted octanol–water partition coefficient (Wildman–Crippen LogP) is 9.95. The molecule has 4 heterocycles. The van der Waals surface area contributed by atoms with Crippen molar-refractivity contribution in [1.82, 2.24) is 19.8 Å². The number of amides is 2. The van der Waals surface area contributed by atoms with Crippen LogP contribution in [0.15, 0.2) is 42.7 Å². The molecule has 12 nitrogen and oxygen atoms in total. The van der Waals surface area contributed by atoms with Crippen LogP contribution in [-0.2, 0) is 19.6 Å². The monoisotopic (exact) mass is 756 g/mol. The Morgan fingerprint density at radius 2 is 1.33 bits per heavy atom. The highest BCUT2D eigenvalue weighted by Gasteiger charge is 2.37. The van der Waals surface area contributed by atoms with Crippen molar-refractivity contribution >= 4 is 68.3 Å². The topological polar surface area (TPSA) is 131 Å². The molecule has 1 fully saturated rings. The third-order valence-corrected chi connectivity index (χ3v) is 6.74. The highest BCUT2D eigenvalue weighted by molar-refractivity contribution is 8.24. The van der Waals surface area contributed by atoms with E-state index in [4.69, 9.17) is 22.6 Å². The van der Waals surface area contributed by atoms with Gasteiger partial charge in [-0.05, 0) is 112 Å². The summed E-state index contributed by atoms with van der Waals surface area (Å²) in [5, 5.41) is 7.52. The van der Waals surface area contributed by atoms with Gasteiger partial charge in [-0.1, -0.05) is 38.8 Å². The molecule has 16 heteroatoms. The number of carbonyl (C=O) groups excluding carboxylic acids is 2. The van der Waals surface area contributed by atoms with Gasteiger partial charge in [0.25, 0.3) is 11.6 Å². The number of carbonyl (C=O) groups is 2. The van der Waals surface area contributed by atoms with Gasteiger partial charge in [-0.3, -0.25) is 4.57 Å². The molecule has 0 radical (unpaired) electrons. The van der Waals surface area contributed by atoms with E-state index in [1.165, 1.54) is 6.20 Å². The zero-order valence-electron chi connectivity index (χ0n) is 27.7. The fraction of sp³-hybridized carbons (Fsp3) is 0.515. The van der Waals surface area contributed by atoms with Crippen LogP contribution >= 0.6 is 38.9 Å². The second-order valence-electron chi connectivity index (χ2n) is 12.8. The molecule has 2 aromatic heterocycles. The molecule has 1 saturated heterocycles. The van der Waals surface area contributed by atoms with Gasteiger partial charge in [0.15, 0.2) is 0 Å². The lowest BCUT2D eigenvalue weighted by Crippen LogP contribution is -2.46. The Labute approximate surface area is 303 Å². The van der Waals surface area contributed by atoms with Gasteiger partial charge < -0.3 is 34.1 Å². The highest BCUT2D eigenvalue weighted by Crippen LogP contribution is 2.61. The maximum Gasteiger partial charge on any atom is 0.410 e. The predicted molar refractivity (Wildman–Crippen MR) is 194 cm³/mol. The molecule has 2 aliphatic heterocycles. The highest BCUT2D eigenvalue weighted by atomic mass is 36.0. The maximum absolute atomic E-state index is 12.0. The van der Waals surface area contributed by atoms with E-state index in [2.05, 4.69) is 53.4 Å². The molecule has 0 atom stereocenters. The third kappa shape index (κ3) is 16.3. The van der Waals surface area contributed by atoms with Crippen molar-refractivity contribution in [2.45, 2.75) is 85.0 Å². The first-order valence-corrected chi connectivity index (χ1v) is 19.3. The van der Waals surface area contributed by atoms with Gasteiger partial charge in [-0.25, -0.2) is 9.59 Å². The van der Waals surface area contributed by atoms with Crippen LogP contribution in [0.4, 0.5) is 21.2 Å². The minimum absolute atomic E-state index is 0. The molecule has 0 saturated carbocycles. The van der Waals surface area contributed by atoms with Crippen LogP contribution in [0.3, 0.4) is 0 Å². The zero-order valence-corrected chi connectivity index (χ0v) is 30.9. The molecule has 0 aliphatic carbocycles. The summed E-state index contributed by atoms with van der Waals surface area (Å²) in [4.78, 5) is 41.9. The first kappa shape index (κ1) is 43.6. The summed E-state index contributed by atoms with van der Waals surface area (Å²) < 4.78 is 20.2. The molecular formula is C33H44Cl3N6O6P. The smallest absolute Gasteiger partial charge is 0.410 e. The van der Waals surface area contributed by atoms with Crippen LogP contribution in [-0.4, -0.2) is 74.4 Å². The van der Waals surface area contributed by atoms with Gasteiger partial charge in [-0.2, -0.15) is 0 Å². The first-order valence-electron chi connectivity index (χ1n) is 14.9. The summed E-state index contributed by atoms with van der Waals surface area (Å²) in [5.41, 5.74) is 0.839. The Balaban J connectivity index is 0.000000423. The van der Waals surface area contributed by atoms with Crippen molar-refractivity contribution < 1.29 is 28.7 Å². The lowest BCUT2D eigenvalue weighted by atomic mass is 9.85. The molecule has 1 N–H and O–H groups in total. The van der Waals surface area contributed by atoms with Crippen molar-refractivity contribution in [2.24, 2.45) is 0 Å². The van der Waals surface area contributed by atoms with E-state index in [0.717, 1.165) is 17.6 Å². The van der Waals surface area contributed by atoms with Gasteiger partial charge in [0, 0.05) is 37.3 Å². The first-order chi connectivity index (χ1) is 22.1. The number of hydrogen-bond donors (Lipinski definition) is 1. The lowest BCUT2D eigenvalue weighted by Gasteiger charge is -2.38. The molecule has 0 unspecified atom stereocenters. The molecule has 2 aromatic rings. The second-order valence-corrected chi connectivity index (χ2v) is 19.5. The summed E-state index contributed by atoms with van der Waals surface area (Å²) in [5.74, 6) is 0.698. The molecule has 0 aromatic carbocycles. The van der Waals surface area contributed by atoms with Crippen molar-refractivity contribution in [1.29, 1.82) is 0 Å². The number of nitrogens with zero attached hydrogens (tertiary/aromatic N) is 6. The van der Waals surface area contributed by atoms with Gasteiger partial charge >= 0.3 is 17.4 Å². The van der Waals surface area contributed by atoms with Crippen LogP contribution in [0.5, 0.6) is 0 Å². The van der Waals surface area contributed by atoms with Gasteiger partial charge in [-0.15, -0.1) is 9.97 Å². The summed E-state index contributed by atoms with van der Waals surface area (Å²) in [6.45, 7) is 26.9. The number of piperidine rings is 1. The number of aliphatic hydroxyl groups is 1. The van der Waals surface area contributed by atoms with Crippen LogP contribution in [0.1, 0.15) is 79.4 Å². The lowest BCUT2D eigenvalue weighted by molar-refractivity contribution is -0.0358. The molecule has 268 valence electrons. The fourth-order valence-corrected chi connectivity index (χ4v) is 4.47. The van der Waals surface area contributed by atoms with Crippen LogP contribution in [0.2, 0.25) is 0 Å². The van der Waals surface area contributed by atoms with Gasteiger partial charge in [0.05, 0.1) is 5.60 Å². The Bertz CT molecular complexity index is 1560. The van der Waals surface area contributed by atoms with E-state index in [-0.39, 0.29) is 19.6 Å². The fourth-order valence-electron chi connectivity index (χ4n) is 4.47. The molecule has 49 heavy (non-hydrogen) atoms. The summed E-state index contributed by atoms with van der Waals surface area (Å²) in [6, 6.07) is 6.93. The normalized spacial score (nSPS) is 15.6. The number of halogens is 3. The van der Waals surface area contributed by atoms with E-state index in [9.17, 15) is 19.3 Å². The van der Waals surface area contributed by atoms with E-state index >= 15 is 0 Å². The standard InChI is InChI=1S/C16H21N3O3.C16H19N3O2.CH4.Cl3OP/c1-15(2,3)22-14(20)19-9-7-16(21,8-10-19)12-5-6-13(17-4)18-11-12;1-16(2,3)21-15(20)19-9-7-12(8-10-19)13-5-6-14(17-4)18-11-13;;1-5(2,3)4/h5-6,11,21H,7-10H2,1-3H3;5-7,11H,8-10H2,1-3H3;1H4;. The van der Waals surface area contributed by atoms with E-state index in [1.807, 2.05) is 53.7 Å². The molecule has 0 bridgehead atoms. The van der Waals surface area contributed by atoms with Crippen LogP contribution < -0.4 is 0 Å². The molecular weight excluding hydrogens is 714 g/mol. The maximum atomic E-state index is 12.0. The average molecular weight is 758 g/mol. The summed E-state index contributed by atoms with van der Waals surface area (Å²) >= 11 is 13.8. The number of ether oxygens (including phenoxy) is 2. The molecule has 2 amide bonds. The van der Waals surface area contributed by atoms with Crippen LogP contribution in [0, 0.1) is 13.1 Å². The summed E-state index contributed by atoms with van der Waals surface area (Å²) in [7, 11) is 0. The Morgan fingerprint density at radius 3 is 1.69 bits per heavy atom. The molecule has 2 aliphatic rings. The number of pyridine rings is 2. The largest absolute Gasteiger partial charge is 0.444 e.